The number of rotatable bonds is 7. The third-order valence-corrected chi connectivity index (χ3v) is 7.41. The first-order chi connectivity index (χ1) is 17.3. The summed E-state index contributed by atoms with van der Waals surface area (Å²) in [7, 11) is -3.34. The lowest BCUT2D eigenvalue weighted by atomic mass is 10.1. The standard InChI is InChI=1S/C26H21FN4O4S/c1-2-36(33,34)20-8-6-19(7-9-20)35-24-15-23-22(29-26(30-23)21-5-3-4-11-28-21)13-17(24)16-31-12-10-18(27)14-25(31)32/h3-15H,2,16H2,1H3,(H,29,30). The lowest BCUT2D eigenvalue weighted by molar-refractivity contribution is 0.473. The Hall–Kier alpha value is -4.31. The summed E-state index contributed by atoms with van der Waals surface area (Å²) in [4.78, 5) is 24.7. The van der Waals surface area contributed by atoms with E-state index in [0.717, 1.165) is 6.07 Å². The van der Waals surface area contributed by atoms with Gasteiger partial charge in [0.05, 0.1) is 28.2 Å². The predicted octanol–water partition coefficient (Wildman–Crippen LogP) is 4.56. The van der Waals surface area contributed by atoms with Gasteiger partial charge in [0.15, 0.2) is 15.7 Å². The fourth-order valence-electron chi connectivity index (χ4n) is 3.73. The highest BCUT2D eigenvalue weighted by Gasteiger charge is 2.15. The lowest BCUT2D eigenvalue weighted by Crippen LogP contribution is -2.19. The Morgan fingerprint density at radius 3 is 2.56 bits per heavy atom. The van der Waals surface area contributed by atoms with Crippen LogP contribution in [0, 0.1) is 5.82 Å². The van der Waals surface area contributed by atoms with Crippen LogP contribution in [-0.2, 0) is 16.4 Å². The monoisotopic (exact) mass is 504 g/mol. The molecule has 0 radical (unpaired) electrons. The molecule has 2 aromatic carbocycles. The van der Waals surface area contributed by atoms with Crippen molar-refractivity contribution in [1.29, 1.82) is 0 Å². The molecular formula is C26H21FN4O4S. The minimum Gasteiger partial charge on any atom is -0.457 e. The number of imidazole rings is 1. The van der Waals surface area contributed by atoms with E-state index in [0.29, 0.717) is 39.6 Å². The summed E-state index contributed by atoms with van der Waals surface area (Å²) in [5, 5.41) is 0. The molecule has 36 heavy (non-hydrogen) atoms. The predicted molar refractivity (Wildman–Crippen MR) is 133 cm³/mol. The molecule has 0 unspecified atom stereocenters. The number of pyridine rings is 2. The van der Waals surface area contributed by atoms with Crippen molar-refractivity contribution >= 4 is 20.9 Å². The Kier molecular flexibility index (Phi) is 6.11. The van der Waals surface area contributed by atoms with E-state index >= 15 is 0 Å². The highest BCUT2D eigenvalue weighted by atomic mass is 32.2. The van der Waals surface area contributed by atoms with Crippen molar-refractivity contribution in [2.75, 3.05) is 5.75 Å². The summed E-state index contributed by atoms with van der Waals surface area (Å²) in [6.07, 6.45) is 3.05. The zero-order chi connectivity index (χ0) is 25.3. The van der Waals surface area contributed by atoms with E-state index in [9.17, 15) is 17.6 Å². The van der Waals surface area contributed by atoms with Gasteiger partial charge in [-0.25, -0.2) is 17.8 Å². The van der Waals surface area contributed by atoms with Crippen LogP contribution in [0.1, 0.15) is 12.5 Å². The molecule has 0 atom stereocenters. The average molecular weight is 505 g/mol. The van der Waals surface area contributed by atoms with Crippen LogP contribution in [0.4, 0.5) is 4.39 Å². The second-order valence-corrected chi connectivity index (χ2v) is 10.3. The molecule has 182 valence electrons. The quantitative estimate of drug-likeness (QED) is 0.348. The van der Waals surface area contributed by atoms with Crippen LogP contribution < -0.4 is 10.3 Å². The number of sulfone groups is 1. The molecule has 5 aromatic rings. The van der Waals surface area contributed by atoms with Crippen molar-refractivity contribution in [3.05, 3.63) is 101 Å². The Morgan fingerprint density at radius 1 is 1.06 bits per heavy atom. The van der Waals surface area contributed by atoms with Gasteiger partial charge in [-0.3, -0.25) is 9.78 Å². The van der Waals surface area contributed by atoms with Crippen molar-refractivity contribution in [2.45, 2.75) is 18.4 Å². The van der Waals surface area contributed by atoms with Crippen LogP contribution in [0.2, 0.25) is 0 Å². The molecule has 3 heterocycles. The van der Waals surface area contributed by atoms with Crippen molar-refractivity contribution in [3.8, 4) is 23.0 Å². The first-order valence-corrected chi connectivity index (χ1v) is 12.8. The summed E-state index contributed by atoms with van der Waals surface area (Å²) in [6, 6.07) is 17.3. The normalized spacial score (nSPS) is 11.6. The molecule has 0 saturated carbocycles. The summed E-state index contributed by atoms with van der Waals surface area (Å²) in [5.41, 5.74) is 2.13. The number of nitrogens with zero attached hydrogens (tertiary/aromatic N) is 3. The molecule has 0 aliphatic heterocycles. The number of fused-ring (bicyclic) bond motifs is 1. The minimum atomic E-state index is -3.34. The summed E-state index contributed by atoms with van der Waals surface area (Å²) >= 11 is 0. The van der Waals surface area contributed by atoms with Gasteiger partial charge in [0.25, 0.3) is 5.56 Å². The van der Waals surface area contributed by atoms with E-state index in [1.165, 1.54) is 29.0 Å². The molecule has 0 saturated heterocycles. The first-order valence-electron chi connectivity index (χ1n) is 11.1. The van der Waals surface area contributed by atoms with Crippen molar-refractivity contribution in [2.24, 2.45) is 0 Å². The second-order valence-electron chi connectivity index (χ2n) is 8.07. The number of hydrogen-bond acceptors (Lipinski definition) is 6. The van der Waals surface area contributed by atoms with Crippen LogP contribution in [0.5, 0.6) is 11.5 Å². The molecule has 1 N–H and O–H groups in total. The summed E-state index contributed by atoms with van der Waals surface area (Å²) < 4.78 is 45.2. The van der Waals surface area contributed by atoms with E-state index in [4.69, 9.17) is 4.74 Å². The molecule has 10 heteroatoms. The number of H-pyrrole nitrogens is 1. The van der Waals surface area contributed by atoms with Gasteiger partial charge in [0.1, 0.15) is 23.0 Å². The van der Waals surface area contributed by atoms with Gasteiger partial charge in [-0.05, 0) is 48.5 Å². The van der Waals surface area contributed by atoms with E-state index in [-0.39, 0.29) is 17.2 Å². The Balaban J connectivity index is 1.57. The van der Waals surface area contributed by atoms with Gasteiger partial charge in [-0.15, -0.1) is 0 Å². The highest BCUT2D eigenvalue weighted by molar-refractivity contribution is 7.91. The summed E-state index contributed by atoms with van der Waals surface area (Å²) in [6.45, 7) is 1.70. The van der Waals surface area contributed by atoms with E-state index in [1.54, 1.807) is 31.3 Å². The number of benzene rings is 2. The maximum Gasteiger partial charge on any atom is 0.253 e. The molecule has 0 spiro atoms. The van der Waals surface area contributed by atoms with Gasteiger partial charge >= 0.3 is 0 Å². The fourth-order valence-corrected chi connectivity index (χ4v) is 4.62. The SMILES string of the molecule is CCS(=O)(=O)c1ccc(Oc2cc3nc(-c4ccccn4)[nH]c3cc2Cn2ccc(F)cc2=O)cc1. The number of nitrogens with one attached hydrogen (secondary N) is 1. The number of halogens is 1. The molecule has 0 bridgehead atoms. The molecule has 0 aliphatic rings. The molecule has 0 fully saturated rings. The second kappa shape index (κ2) is 9.38. The summed E-state index contributed by atoms with van der Waals surface area (Å²) in [5.74, 6) is 0.792. The largest absolute Gasteiger partial charge is 0.457 e. The first kappa shape index (κ1) is 23.4. The lowest BCUT2D eigenvalue weighted by Gasteiger charge is -2.13. The smallest absolute Gasteiger partial charge is 0.253 e. The molecule has 8 nitrogen and oxygen atoms in total. The molecule has 0 amide bonds. The number of aromatic amines is 1. The molecular weight excluding hydrogens is 483 g/mol. The molecule has 0 aliphatic carbocycles. The number of ether oxygens (including phenoxy) is 1. The number of hydrogen-bond donors (Lipinski definition) is 1. The van der Waals surface area contributed by atoms with Gasteiger partial charge in [0, 0.05) is 30.1 Å². The highest BCUT2D eigenvalue weighted by Crippen LogP contribution is 2.31. The van der Waals surface area contributed by atoms with Gasteiger partial charge in [0.2, 0.25) is 0 Å². The Morgan fingerprint density at radius 2 is 1.86 bits per heavy atom. The fraction of sp³-hybridized carbons (Fsp3) is 0.115. The third-order valence-electron chi connectivity index (χ3n) is 5.66. The van der Waals surface area contributed by atoms with Crippen LogP contribution in [-0.4, -0.2) is 33.7 Å². The van der Waals surface area contributed by atoms with Gasteiger partial charge < -0.3 is 14.3 Å². The number of aromatic nitrogens is 4. The zero-order valence-electron chi connectivity index (χ0n) is 19.2. The van der Waals surface area contributed by atoms with Crippen LogP contribution in [0.3, 0.4) is 0 Å². The van der Waals surface area contributed by atoms with Gasteiger partial charge in [-0.2, -0.15) is 0 Å². The van der Waals surface area contributed by atoms with Crippen LogP contribution in [0.15, 0.2) is 88.8 Å². The van der Waals surface area contributed by atoms with Crippen LogP contribution >= 0.6 is 0 Å². The topological polar surface area (TPSA) is 107 Å². The maximum absolute atomic E-state index is 13.5. The van der Waals surface area contributed by atoms with Crippen molar-refractivity contribution in [3.63, 3.8) is 0 Å². The van der Waals surface area contributed by atoms with E-state index in [2.05, 4.69) is 15.0 Å². The Bertz CT molecular complexity index is 1710. The molecule has 5 rings (SSSR count). The third kappa shape index (κ3) is 4.76. The van der Waals surface area contributed by atoms with Crippen LogP contribution in [0.25, 0.3) is 22.6 Å². The average Bonchev–Trinajstić information content (AvgIpc) is 3.29. The van der Waals surface area contributed by atoms with E-state index in [1.807, 2.05) is 24.3 Å². The Labute approximate surface area is 206 Å². The zero-order valence-corrected chi connectivity index (χ0v) is 20.0. The molecule has 3 aromatic heterocycles. The van der Waals surface area contributed by atoms with E-state index < -0.39 is 21.2 Å². The van der Waals surface area contributed by atoms with Crippen molar-refractivity contribution in [1.82, 2.24) is 19.5 Å². The maximum atomic E-state index is 13.5. The van der Waals surface area contributed by atoms with Gasteiger partial charge in [-0.1, -0.05) is 13.0 Å². The minimum absolute atomic E-state index is 0.00178. The van der Waals surface area contributed by atoms with Crippen molar-refractivity contribution < 1.29 is 17.5 Å².